The number of fused-ring (bicyclic) bond motifs is 4. The molecule has 12 heterocycles. The monoisotopic (exact) mass is 1740 g/mol. The smallest absolute Gasteiger partial charge is 0.421 e. The Balaban J connectivity index is 0.661. The van der Waals surface area contributed by atoms with Crippen molar-refractivity contribution in [1.82, 2.24) is 59.3 Å². The fraction of sp³-hybridized carbons (Fsp3) is 0.489. The van der Waals surface area contributed by atoms with Crippen LogP contribution < -0.4 is 43.6 Å². The summed E-state index contributed by atoms with van der Waals surface area (Å²) in [5, 5.41) is 32.0. The van der Waals surface area contributed by atoms with Crippen LogP contribution in [0.2, 0.25) is 0 Å². The molecular weight excluding hydrogens is 1640 g/mol. The number of nitriles is 3. The molecule has 6 fully saturated rings. The predicted molar refractivity (Wildman–Crippen MR) is 453 cm³/mol. The lowest BCUT2D eigenvalue weighted by molar-refractivity contribution is -0.139. The van der Waals surface area contributed by atoms with Gasteiger partial charge in [-0.1, -0.05) is 62.2 Å². The highest BCUT2D eigenvalue weighted by Gasteiger charge is 2.46. The minimum atomic E-state index is -5.21. The van der Waals surface area contributed by atoms with E-state index in [-0.39, 0.29) is 190 Å². The van der Waals surface area contributed by atoms with E-state index in [1.54, 1.807) is 28.8 Å². The molecule has 0 bridgehead atoms. The Hall–Kier alpha value is -12.0. The molecule has 9 aliphatic rings. The molecular formula is C90H99F8N21O7. The zero-order valence-electron chi connectivity index (χ0n) is 70.5. The molecule has 0 radical (unpaired) electrons. The summed E-state index contributed by atoms with van der Waals surface area (Å²) in [4.78, 5) is 90.6. The normalized spacial score (nSPS) is 22.7. The first-order valence-electron chi connectivity index (χ1n) is 42.7. The minimum absolute atomic E-state index is 0.0114. The Morgan fingerprint density at radius 1 is 0.516 bits per heavy atom. The molecule has 9 aliphatic heterocycles. The van der Waals surface area contributed by atoms with Gasteiger partial charge in [-0.05, 0) is 125 Å². The molecule has 4 aromatic carbocycles. The number of piperazine rings is 3. The van der Waals surface area contributed by atoms with E-state index < -0.39 is 94.6 Å². The van der Waals surface area contributed by atoms with Gasteiger partial charge in [0.05, 0.1) is 135 Å². The molecule has 0 aliphatic carbocycles. The summed E-state index contributed by atoms with van der Waals surface area (Å²) >= 11 is 0. The number of likely N-dealkylation sites (N-methyl/N-ethyl adjacent to an activating group) is 3. The lowest BCUT2D eigenvalue weighted by atomic mass is 9.92. The van der Waals surface area contributed by atoms with Crippen molar-refractivity contribution in [3.63, 3.8) is 0 Å². The van der Waals surface area contributed by atoms with Crippen LogP contribution in [0.1, 0.15) is 107 Å². The Morgan fingerprint density at radius 3 is 1.49 bits per heavy atom. The molecule has 3 amide bonds. The molecule has 0 saturated carbocycles. The Bertz CT molecular complexity index is 5470. The molecule has 0 N–H and O–H groups in total. The first-order valence-corrected chi connectivity index (χ1v) is 42.7. The highest BCUT2D eigenvalue weighted by molar-refractivity contribution is 5.94. The zero-order chi connectivity index (χ0) is 88.6. The number of benzene rings is 4. The summed E-state index contributed by atoms with van der Waals surface area (Å²) in [7, 11) is 5.51. The number of morpholine rings is 1. The van der Waals surface area contributed by atoms with Crippen molar-refractivity contribution in [2.45, 2.75) is 138 Å². The van der Waals surface area contributed by atoms with E-state index in [0.717, 1.165) is 53.5 Å². The number of rotatable bonds is 23. The van der Waals surface area contributed by atoms with Crippen LogP contribution in [0.15, 0.2) is 105 Å². The number of carbonyl (C=O) groups is 3. The van der Waals surface area contributed by atoms with Crippen LogP contribution in [-0.2, 0) is 70.4 Å². The number of aromatic nitrogens is 6. The van der Waals surface area contributed by atoms with Crippen LogP contribution in [0.3, 0.4) is 0 Å². The van der Waals surface area contributed by atoms with Crippen LogP contribution in [-0.4, -0.2) is 259 Å². The maximum absolute atomic E-state index is 18.0. The molecule has 16 rings (SSSR count). The van der Waals surface area contributed by atoms with Gasteiger partial charge in [0.1, 0.15) is 48.7 Å². The summed E-state index contributed by atoms with van der Waals surface area (Å²) < 4.78 is 154. The molecule has 0 spiro atoms. The molecule has 3 aromatic heterocycles. The van der Waals surface area contributed by atoms with Crippen LogP contribution in [0.4, 0.5) is 69.6 Å². The standard InChI is InChI=1S/C90H99F8N21O7/c1-7-77(120)117-37-34-114(44-58(117)21-27-99)83-66-24-31-111(74-18-12-15-55-14-10-11-17-64(55)74)47-71(66)102-88(107-83)126-53-63-50-123-54-76(110(63)6)56-41-70(91)80(90(96,97)98)75(42-56)112-32-25-67-72(48-112)103-87(106-84(67)115-35-38-118(78(121)8-2)59(45-115)22-28-100)125-52-62-40-57(43-109(62)5)65-19-20-69(89(93,94)95)82(81(65)92)113-33-26-68-73(49-113)104-86(124-51-61-16-13-30-108(61)4)105-85(68)116-36-39-119(79(122)9-3)60(46-116)23-29-101/h7-12,14-15,17-20,41-42,57-63,76H,1-3,13,16,21-26,30-40,43-54H2,4-6H3/t57?,58?,59-,60?,61-,62+,63+,76?/m0/s1. The second-order valence-electron chi connectivity index (χ2n) is 33.7. The van der Waals surface area contributed by atoms with Gasteiger partial charge in [0.25, 0.3) is 0 Å². The van der Waals surface area contributed by atoms with Crippen molar-refractivity contribution in [2.24, 2.45) is 0 Å². The minimum Gasteiger partial charge on any atom is -0.462 e. The summed E-state index contributed by atoms with van der Waals surface area (Å²) in [5.41, 5.74) is 0.763. The second kappa shape index (κ2) is 36.9. The van der Waals surface area contributed by atoms with Gasteiger partial charge in [-0.2, -0.15) is 72.0 Å². The van der Waals surface area contributed by atoms with Crippen molar-refractivity contribution < 1.29 is 68.5 Å². The van der Waals surface area contributed by atoms with E-state index in [0.29, 0.717) is 85.7 Å². The summed E-state index contributed by atoms with van der Waals surface area (Å²) in [5.74, 6) is -2.88. The van der Waals surface area contributed by atoms with Crippen molar-refractivity contribution in [3.05, 3.63) is 172 Å². The molecule has 126 heavy (non-hydrogen) atoms. The Kier molecular flexibility index (Phi) is 25.6. The van der Waals surface area contributed by atoms with Crippen LogP contribution >= 0.6 is 0 Å². The van der Waals surface area contributed by atoms with Crippen molar-refractivity contribution >= 4 is 63.0 Å². The average Bonchev–Trinajstić information content (AvgIpc) is 0.999. The number of likely N-dealkylation sites (tertiary alicyclic amines) is 2. The molecule has 4 unspecified atom stereocenters. The fourth-order valence-electron chi connectivity index (χ4n) is 19.7. The number of hydrogen-bond donors (Lipinski definition) is 0. The summed E-state index contributed by atoms with van der Waals surface area (Å²) in [6.07, 6.45) is -3.90. The average molecular weight is 1740 g/mol. The van der Waals surface area contributed by atoms with Gasteiger partial charge in [-0.25, -0.2) is 8.78 Å². The number of ether oxygens (including phenoxy) is 4. The number of halogens is 8. The van der Waals surface area contributed by atoms with Crippen molar-refractivity contribution in [3.8, 4) is 36.2 Å². The third kappa shape index (κ3) is 17.8. The first kappa shape index (κ1) is 87.4. The zero-order valence-corrected chi connectivity index (χ0v) is 70.5. The van der Waals surface area contributed by atoms with E-state index in [9.17, 15) is 30.2 Å². The number of alkyl halides is 6. The molecule has 6 saturated heterocycles. The number of nitrogens with zero attached hydrogens (tertiary/aromatic N) is 21. The highest BCUT2D eigenvalue weighted by Crippen LogP contribution is 2.48. The van der Waals surface area contributed by atoms with E-state index in [1.165, 1.54) is 40.2 Å². The quantitative estimate of drug-likeness (QED) is 0.0425. The van der Waals surface area contributed by atoms with Crippen LogP contribution in [0.5, 0.6) is 18.0 Å². The first-order chi connectivity index (χ1) is 60.7. The maximum atomic E-state index is 18.0. The van der Waals surface area contributed by atoms with E-state index in [1.807, 2.05) is 44.8 Å². The van der Waals surface area contributed by atoms with E-state index >= 15 is 35.1 Å². The molecule has 662 valence electrons. The van der Waals surface area contributed by atoms with Gasteiger partial charge in [-0.3, -0.25) is 24.2 Å². The van der Waals surface area contributed by atoms with Gasteiger partial charge in [-0.15, -0.1) is 0 Å². The van der Waals surface area contributed by atoms with E-state index in [4.69, 9.17) is 48.9 Å². The van der Waals surface area contributed by atoms with E-state index in [2.05, 4.69) is 76.9 Å². The number of anilines is 6. The molecule has 28 nitrogen and oxygen atoms in total. The largest absolute Gasteiger partial charge is 0.462 e. The predicted octanol–water partition coefficient (Wildman–Crippen LogP) is 10.4. The number of amides is 3. The molecule has 8 atom stereocenters. The highest BCUT2D eigenvalue weighted by atomic mass is 19.4. The fourth-order valence-corrected chi connectivity index (χ4v) is 19.7. The summed E-state index contributed by atoms with van der Waals surface area (Å²) in [6.45, 7) is 14.6. The van der Waals surface area contributed by atoms with Gasteiger partial charge >= 0.3 is 30.4 Å². The summed E-state index contributed by atoms with van der Waals surface area (Å²) in [6, 6.07) is 21.4. The Morgan fingerprint density at radius 2 is 1.00 bits per heavy atom. The van der Waals surface area contributed by atoms with Crippen molar-refractivity contribution in [2.75, 3.05) is 175 Å². The number of hydrogen-bond acceptors (Lipinski definition) is 25. The van der Waals surface area contributed by atoms with Crippen LogP contribution in [0, 0.1) is 45.6 Å². The van der Waals surface area contributed by atoms with Gasteiger partial charge in [0.15, 0.2) is 5.82 Å². The Labute approximate surface area is 725 Å². The second-order valence-corrected chi connectivity index (χ2v) is 33.7. The maximum Gasteiger partial charge on any atom is 0.421 e. The third-order valence-corrected chi connectivity index (χ3v) is 26.4. The topological polar surface area (TPSA) is 276 Å². The van der Waals surface area contributed by atoms with Gasteiger partial charge in [0, 0.05) is 131 Å². The number of carbonyl (C=O) groups excluding carboxylic acids is 3. The molecule has 7 aromatic rings. The van der Waals surface area contributed by atoms with Crippen LogP contribution in [0.25, 0.3) is 10.8 Å². The third-order valence-electron chi connectivity index (χ3n) is 26.4. The molecule has 36 heteroatoms. The van der Waals surface area contributed by atoms with Gasteiger partial charge < -0.3 is 67.9 Å². The lowest BCUT2D eigenvalue weighted by Crippen LogP contribution is -2.55. The van der Waals surface area contributed by atoms with Crippen molar-refractivity contribution in [1.29, 1.82) is 15.8 Å². The SMILES string of the molecule is C=CC(=O)N1CCN(c2nc(OC[C@@H]3CCCN3C)nc3c2CCN(c2c(C(F)(F)F)ccc(C4C[C@H](COc5nc6c(c(N7CCN(C(=O)C=C)[C@@H](CC#N)C7)n5)CCN(c5cc(C7COC[C@H](COc8nc9c(c(N%10CCN(C(=O)C=C)C(CC#N)C%10)n8)CCN(c8cccc%10ccccc8%10)C9)N7C)cc(F)c5C(F)(F)F)C6)N(C)C4)c2F)C3)CC1CC#N. The van der Waals surface area contributed by atoms with Gasteiger partial charge in [0.2, 0.25) is 17.7 Å². The lowest BCUT2D eigenvalue weighted by Gasteiger charge is -2.42.